The van der Waals surface area contributed by atoms with Crippen molar-refractivity contribution < 1.29 is 13.6 Å². The Kier molecular flexibility index (Phi) is 2.58. The fourth-order valence-electron chi connectivity index (χ4n) is 3.01. The van der Waals surface area contributed by atoms with Crippen LogP contribution in [-0.2, 0) is 11.1 Å². The minimum atomic E-state index is -2.10. The molecule has 4 heteroatoms. The van der Waals surface area contributed by atoms with Gasteiger partial charge in [0, 0.05) is 22.1 Å². The van der Waals surface area contributed by atoms with Crippen molar-refractivity contribution in [2.75, 3.05) is 0 Å². The van der Waals surface area contributed by atoms with Gasteiger partial charge in [0.05, 0.1) is 4.90 Å². The Balaban J connectivity index is 2.29. The van der Waals surface area contributed by atoms with Gasteiger partial charge in [0.1, 0.15) is 0 Å². The van der Waals surface area contributed by atoms with E-state index < -0.39 is 11.1 Å². The topological polar surface area (TPSA) is 54.4 Å². The van der Waals surface area contributed by atoms with Gasteiger partial charge < -0.3 is 4.55 Å². The van der Waals surface area contributed by atoms with Gasteiger partial charge in [-0.2, -0.15) is 0 Å². The maximum Gasteiger partial charge on any atom is 0.194 e. The quantitative estimate of drug-likeness (QED) is 0.545. The standard InChI is InChI=1S/C17H10O3S/c18-17-12-6-2-1-5-11(12)16-14(21(19)20)9-8-10-4-3-7-13(17)15(10)16/h1-9H,(H,19,20). The fourth-order valence-corrected chi connectivity index (χ4v) is 3.58. The van der Waals surface area contributed by atoms with Gasteiger partial charge in [-0.05, 0) is 17.0 Å². The summed E-state index contributed by atoms with van der Waals surface area (Å²) in [7, 11) is 0. The molecule has 0 heterocycles. The number of hydrogen-bond donors (Lipinski definition) is 1. The summed E-state index contributed by atoms with van der Waals surface area (Å²) in [6.07, 6.45) is 0. The highest BCUT2D eigenvalue weighted by Crippen LogP contribution is 2.42. The Morgan fingerprint density at radius 3 is 2.29 bits per heavy atom. The van der Waals surface area contributed by atoms with E-state index in [9.17, 15) is 13.6 Å². The number of carbonyl (C=O) groups is 1. The van der Waals surface area contributed by atoms with Gasteiger partial charge in [-0.25, -0.2) is 4.21 Å². The first-order valence-corrected chi connectivity index (χ1v) is 7.60. The fraction of sp³-hybridized carbons (Fsp3) is 0. The predicted octanol–water partition coefficient (Wildman–Crippen LogP) is 3.63. The van der Waals surface area contributed by atoms with Crippen LogP contribution >= 0.6 is 0 Å². The molecule has 0 bridgehead atoms. The van der Waals surface area contributed by atoms with Gasteiger partial charge >= 0.3 is 0 Å². The Morgan fingerprint density at radius 1 is 0.810 bits per heavy atom. The first kappa shape index (κ1) is 12.4. The van der Waals surface area contributed by atoms with Crippen molar-refractivity contribution in [3.63, 3.8) is 0 Å². The van der Waals surface area contributed by atoms with Crippen molar-refractivity contribution in [1.82, 2.24) is 0 Å². The van der Waals surface area contributed by atoms with Crippen molar-refractivity contribution in [2.45, 2.75) is 4.90 Å². The third-order valence-corrected chi connectivity index (χ3v) is 4.60. The summed E-state index contributed by atoms with van der Waals surface area (Å²) < 4.78 is 21.3. The van der Waals surface area contributed by atoms with Crippen molar-refractivity contribution >= 4 is 27.6 Å². The van der Waals surface area contributed by atoms with E-state index in [-0.39, 0.29) is 5.78 Å². The molecule has 1 atom stereocenters. The molecule has 0 fully saturated rings. The normalized spacial score (nSPS) is 14.0. The molecule has 4 rings (SSSR count). The third-order valence-electron chi connectivity index (χ3n) is 3.88. The van der Waals surface area contributed by atoms with E-state index in [1.54, 1.807) is 30.3 Å². The van der Waals surface area contributed by atoms with E-state index >= 15 is 0 Å². The van der Waals surface area contributed by atoms with E-state index in [2.05, 4.69) is 0 Å². The Bertz CT molecular complexity index is 944. The molecule has 0 saturated carbocycles. The minimum absolute atomic E-state index is 0.0374. The number of hydrogen-bond acceptors (Lipinski definition) is 2. The SMILES string of the molecule is O=C1c2ccccc2-c2c(S(=O)O)ccc3cccc1c23. The Morgan fingerprint density at radius 2 is 1.52 bits per heavy atom. The van der Waals surface area contributed by atoms with E-state index in [1.807, 2.05) is 24.3 Å². The van der Waals surface area contributed by atoms with Crippen LogP contribution < -0.4 is 0 Å². The van der Waals surface area contributed by atoms with Crippen molar-refractivity contribution in [3.8, 4) is 11.1 Å². The first-order chi connectivity index (χ1) is 10.2. The van der Waals surface area contributed by atoms with Gasteiger partial charge in [-0.3, -0.25) is 4.79 Å². The van der Waals surface area contributed by atoms with Gasteiger partial charge in [-0.1, -0.05) is 48.5 Å². The van der Waals surface area contributed by atoms with Crippen LogP contribution in [-0.4, -0.2) is 14.5 Å². The number of ketones is 1. The zero-order valence-electron chi connectivity index (χ0n) is 10.9. The van der Waals surface area contributed by atoms with Gasteiger partial charge in [0.25, 0.3) is 0 Å². The highest BCUT2D eigenvalue weighted by atomic mass is 32.2. The monoisotopic (exact) mass is 294 g/mol. The minimum Gasteiger partial charge on any atom is -0.302 e. The Labute approximate surface area is 123 Å². The zero-order valence-corrected chi connectivity index (χ0v) is 11.7. The second-order valence-corrected chi connectivity index (χ2v) is 5.90. The molecule has 0 aliphatic heterocycles. The molecular formula is C17H10O3S. The maximum absolute atomic E-state index is 12.6. The highest BCUT2D eigenvalue weighted by molar-refractivity contribution is 7.79. The molecular weight excluding hydrogens is 284 g/mol. The van der Waals surface area contributed by atoms with Gasteiger partial charge in [-0.15, -0.1) is 0 Å². The average molecular weight is 294 g/mol. The van der Waals surface area contributed by atoms with Crippen LogP contribution in [0.3, 0.4) is 0 Å². The lowest BCUT2D eigenvalue weighted by Gasteiger charge is -2.21. The second kappa shape index (κ2) is 4.35. The van der Waals surface area contributed by atoms with Crippen LogP contribution in [0.2, 0.25) is 0 Å². The van der Waals surface area contributed by atoms with Gasteiger partial charge in [0.2, 0.25) is 0 Å². The molecule has 1 N–H and O–H groups in total. The molecule has 1 aliphatic rings. The summed E-state index contributed by atoms with van der Waals surface area (Å²) in [6.45, 7) is 0. The molecule has 3 aromatic carbocycles. The summed E-state index contributed by atoms with van der Waals surface area (Å²) in [5.41, 5.74) is 2.59. The van der Waals surface area contributed by atoms with Gasteiger partial charge in [0.15, 0.2) is 16.9 Å². The molecule has 0 spiro atoms. The third kappa shape index (κ3) is 1.63. The number of rotatable bonds is 1. The molecule has 0 radical (unpaired) electrons. The van der Waals surface area contributed by atoms with Crippen molar-refractivity contribution in [2.24, 2.45) is 0 Å². The largest absolute Gasteiger partial charge is 0.302 e. The highest BCUT2D eigenvalue weighted by Gasteiger charge is 2.27. The van der Waals surface area contributed by atoms with Crippen LogP contribution in [0.25, 0.3) is 21.9 Å². The van der Waals surface area contributed by atoms with Crippen LogP contribution in [0, 0.1) is 0 Å². The lowest BCUT2D eigenvalue weighted by Crippen LogP contribution is -2.11. The second-order valence-electron chi connectivity index (χ2n) is 4.97. The van der Waals surface area contributed by atoms with E-state index in [1.165, 1.54) is 0 Å². The van der Waals surface area contributed by atoms with E-state index in [0.717, 1.165) is 16.3 Å². The molecule has 0 amide bonds. The van der Waals surface area contributed by atoms with Crippen LogP contribution in [0.4, 0.5) is 0 Å². The van der Waals surface area contributed by atoms with E-state index in [0.29, 0.717) is 21.6 Å². The average Bonchev–Trinajstić information content (AvgIpc) is 2.51. The Hall–Kier alpha value is -2.30. The molecule has 3 aromatic rings. The summed E-state index contributed by atoms with van der Waals surface area (Å²) in [6, 6.07) is 16.2. The number of carbonyl (C=O) groups excluding carboxylic acids is 1. The lowest BCUT2D eigenvalue weighted by atomic mass is 9.83. The molecule has 1 unspecified atom stereocenters. The van der Waals surface area contributed by atoms with Crippen LogP contribution in [0.1, 0.15) is 15.9 Å². The molecule has 102 valence electrons. The lowest BCUT2D eigenvalue weighted by molar-refractivity contribution is 0.104. The summed E-state index contributed by atoms with van der Waals surface area (Å²) in [4.78, 5) is 13.0. The summed E-state index contributed by atoms with van der Waals surface area (Å²) >= 11 is -2.10. The van der Waals surface area contributed by atoms with Crippen molar-refractivity contribution in [3.05, 3.63) is 65.7 Å². The van der Waals surface area contributed by atoms with E-state index in [4.69, 9.17) is 0 Å². The number of fused-ring (bicyclic) bond motifs is 2. The summed E-state index contributed by atoms with van der Waals surface area (Å²) in [5, 5.41) is 1.67. The molecule has 3 nitrogen and oxygen atoms in total. The molecule has 21 heavy (non-hydrogen) atoms. The molecule has 0 saturated heterocycles. The van der Waals surface area contributed by atoms with Crippen LogP contribution in [0.15, 0.2) is 59.5 Å². The molecule has 1 aliphatic carbocycles. The zero-order chi connectivity index (χ0) is 14.6. The van der Waals surface area contributed by atoms with Crippen molar-refractivity contribution in [1.29, 1.82) is 0 Å². The molecule has 0 aromatic heterocycles. The smallest absolute Gasteiger partial charge is 0.194 e. The summed E-state index contributed by atoms with van der Waals surface area (Å²) in [5.74, 6) is -0.0374. The first-order valence-electron chi connectivity index (χ1n) is 6.49. The van der Waals surface area contributed by atoms with Crippen LogP contribution in [0.5, 0.6) is 0 Å². The number of benzene rings is 3. The predicted molar refractivity (Wildman–Crippen MR) is 81.9 cm³/mol. The maximum atomic E-state index is 12.6.